The van der Waals surface area contributed by atoms with Crippen molar-refractivity contribution in [2.45, 2.75) is 26.2 Å². The average molecular weight is 196 g/mol. The Morgan fingerprint density at radius 1 is 1.43 bits per heavy atom. The zero-order chi connectivity index (χ0) is 10.6. The maximum atomic E-state index is 12.4. The summed E-state index contributed by atoms with van der Waals surface area (Å²) in [6.07, 6.45) is 0.938. The van der Waals surface area contributed by atoms with Crippen LogP contribution in [0.3, 0.4) is 0 Å². The summed E-state index contributed by atoms with van der Waals surface area (Å²) in [5, 5.41) is 0. The van der Waals surface area contributed by atoms with Crippen LogP contribution in [0.25, 0.3) is 0 Å². The number of alkyl halides is 1. The monoisotopic (exact) mass is 196 g/mol. The van der Waals surface area contributed by atoms with Crippen LogP contribution in [-0.4, -0.2) is 13.8 Å². The van der Waals surface area contributed by atoms with Gasteiger partial charge in [0.25, 0.3) is 0 Å². The van der Waals surface area contributed by atoms with Crippen LogP contribution in [0.1, 0.15) is 30.9 Å². The van der Waals surface area contributed by atoms with Gasteiger partial charge in [-0.25, -0.2) is 0 Å². The molecule has 1 aromatic rings. The average Bonchev–Trinajstić information content (AvgIpc) is 2.26. The van der Waals surface area contributed by atoms with E-state index in [0.717, 1.165) is 17.7 Å². The zero-order valence-electron chi connectivity index (χ0n) is 9.01. The summed E-state index contributed by atoms with van der Waals surface area (Å²) in [4.78, 5) is 0. The largest absolute Gasteiger partial charge is 0.496 e. The molecule has 1 atom stereocenters. The van der Waals surface area contributed by atoms with Crippen molar-refractivity contribution < 1.29 is 9.13 Å². The standard InChI is InChI=1S/C12H17FO/c1-4-10-5-6-11(9(2)8-13)7-12(10)14-3/h5-7,9H,4,8H2,1-3H3. The minimum atomic E-state index is -0.325. The molecule has 0 aliphatic rings. The lowest BCUT2D eigenvalue weighted by atomic mass is 9.99. The van der Waals surface area contributed by atoms with Crippen LogP contribution in [0.15, 0.2) is 18.2 Å². The quantitative estimate of drug-likeness (QED) is 0.717. The van der Waals surface area contributed by atoms with Crippen molar-refractivity contribution in [1.29, 1.82) is 0 Å². The van der Waals surface area contributed by atoms with Gasteiger partial charge in [0, 0.05) is 5.92 Å². The van der Waals surface area contributed by atoms with E-state index in [1.807, 2.05) is 25.1 Å². The van der Waals surface area contributed by atoms with Crippen LogP contribution in [-0.2, 0) is 6.42 Å². The normalized spacial score (nSPS) is 12.6. The van der Waals surface area contributed by atoms with Crippen LogP contribution in [0.4, 0.5) is 4.39 Å². The van der Waals surface area contributed by atoms with Crippen LogP contribution in [0, 0.1) is 0 Å². The molecule has 0 fully saturated rings. The fourth-order valence-electron chi connectivity index (χ4n) is 1.45. The molecule has 0 amide bonds. The molecule has 78 valence electrons. The summed E-state index contributed by atoms with van der Waals surface area (Å²) in [5.74, 6) is 0.820. The first kappa shape index (κ1) is 11.0. The van der Waals surface area contributed by atoms with E-state index in [0.29, 0.717) is 0 Å². The molecule has 1 aromatic carbocycles. The van der Waals surface area contributed by atoms with Gasteiger partial charge in [0.1, 0.15) is 5.75 Å². The topological polar surface area (TPSA) is 9.23 Å². The van der Waals surface area contributed by atoms with E-state index in [1.165, 1.54) is 5.56 Å². The van der Waals surface area contributed by atoms with E-state index >= 15 is 0 Å². The van der Waals surface area contributed by atoms with E-state index in [-0.39, 0.29) is 12.6 Å². The summed E-state index contributed by atoms with van der Waals surface area (Å²) < 4.78 is 17.7. The number of rotatable bonds is 4. The lowest BCUT2D eigenvalue weighted by Crippen LogP contribution is -1.98. The first-order valence-corrected chi connectivity index (χ1v) is 4.95. The fraction of sp³-hybridized carbons (Fsp3) is 0.500. The van der Waals surface area contributed by atoms with Gasteiger partial charge in [-0.15, -0.1) is 0 Å². The first-order valence-electron chi connectivity index (χ1n) is 4.95. The SMILES string of the molecule is CCc1ccc(C(C)CF)cc1OC. The Labute approximate surface area is 84.9 Å². The van der Waals surface area contributed by atoms with Gasteiger partial charge in [-0.1, -0.05) is 26.0 Å². The summed E-state index contributed by atoms with van der Waals surface area (Å²) in [7, 11) is 1.65. The third kappa shape index (κ3) is 2.25. The molecule has 1 rings (SSSR count). The Bertz CT molecular complexity index is 296. The van der Waals surface area contributed by atoms with Crippen LogP contribution < -0.4 is 4.74 Å². The number of hydrogen-bond acceptors (Lipinski definition) is 1. The van der Waals surface area contributed by atoms with Crippen molar-refractivity contribution in [3.8, 4) is 5.75 Å². The van der Waals surface area contributed by atoms with Gasteiger partial charge in [0.15, 0.2) is 0 Å². The fourth-order valence-corrected chi connectivity index (χ4v) is 1.45. The molecule has 0 bridgehead atoms. The van der Waals surface area contributed by atoms with E-state index in [2.05, 4.69) is 6.92 Å². The minimum absolute atomic E-state index is 0.0465. The summed E-state index contributed by atoms with van der Waals surface area (Å²) in [6.45, 7) is 3.63. The molecule has 14 heavy (non-hydrogen) atoms. The highest BCUT2D eigenvalue weighted by molar-refractivity contribution is 5.38. The molecule has 0 heterocycles. The summed E-state index contributed by atoms with van der Waals surface area (Å²) >= 11 is 0. The molecule has 1 nitrogen and oxygen atoms in total. The maximum Gasteiger partial charge on any atom is 0.122 e. The van der Waals surface area contributed by atoms with Crippen molar-refractivity contribution in [3.05, 3.63) is 29.3 Å². The predicted molar refractivity (Wildman–Crippen MR) is 56.8 cm³/mol. The van der Waals surface area contributed by atoms with E-state index in [4.69, 9.17) is 4.74 Å². The number of methoxy groups -OCH3 is 1. The maximum absolute atomic E-state index is 12.4. The molecule has 0 saturated heterocycles. The highest BCUT2D eigenvalue weighted by Gasteiger charge is 2.08. The minimum Gasteiger partial charge on any atom is -0.496 e. The Morgan fingerprint density at radius 2 is 2.14 bits per heavy atom. The molecule has 2 heteroatoms. The van der Waals surface area contributed by atoms with E-state index < -0.39 is 0 Å². The van der Waals surface area contributed by atoms with E-state index in [1.54, 1.807) is 7.11 Å². The van der Waals surface area contributed by atoms with Crippen molar-refractivity contribution in [2.24, 2.45) is 0 Å². The Balaban J connectivity index is 3.01. The second kappa shape index (κ2) is 4.99. The molecular formula is C12H17FO. The Kier molecular flexibility index (Phi) is 3.93. The van der Waals surface area contributed by atoms with Gasteiger partial charge in [0.2, 0.25) is 0 Å². The summed E-state index contributed by atoms with van der Waals surface area (Å²) in [5.41, 5.74) is 2.17. The predicted octanol–water partition coefficient (Wildman–Crippen LogP) is 3.33. The highest BCUT2D eigenvalue weighted by atomic mass is 19.1. The van der Waals surface area contributed by atoms with Crippen molar-refractivity contribution in [1.82, 2.24) is 0 Å². The number of aryl methyl sites for hydroxylation is 1. The van der Waals surface area contributed by atoms with Gasteiger partial charge in [-0.3, -0.25) is 4.39 Å². The Hall–Kier alpha value is -1.05. The van der Waals surface area contributed by atoms with E-state index in [9.17, 15) is 4.39 Å². The molecule has 0 saturated carbocycles. The molecule has 0 spiro atoms. The zero-order valence-corrected chi connectivity index (χ0v) is 9.01. The molecule has 0 N–H and O–H groups in total. The second-order valence-corrected chi connectivity index (χ2v) is 3.48. The van der Waals surface area contributed by atoms with Crippen molar-refractivity contribution in [3.63, 3.8) is 0 Å². The van der Waals surface area contributed by atoms with Crippen molar-refractivity contribution in [2.75, 3.05) is 13.8 Å². The smallest absolute Gasteiger partial charge is 0.122 e. The van der Waals surface area contributed by atoms with Gasteiger partial charge in [-0.2, -0.15) is 0 Å². The van der Waals surface area contributed by atoms with Crippen LogP contribution >= 0.6 is 0 Å². The van der Waals surface area contributed by atoms with Crippen LogP contribution in [0.5, 0.6) is 5.75 Å². The second-order valence-electron chi connectivity index (χ2n) is 3.48. The molecule has 0 aromatic heterocycles. The lowest BCUT2D eigenvalue weighted by molar-refractivity contribution is 0.407. The van der Waals surface area contributed by atoms with Gasteiger partial charge in [0.05, 0.1) is 13.8 Å². The van der Waals surface area contributed by atoms with Crippen molar-refractivity contribution >= 4 is 0 Å². The Morgan fingerprint density at radius 3 is 2.64 bits per heavy atom. The number of hydrogen-bond donors (Lipinski definition) is 0. The lowest BCUT2D eigenvalue weighted by Gasteiger charge is -2.12. The van der Waals surface area contributed by atoms with Gasteiger partial charge < -0.3 is 4.74 Å². The first-order chi connectivity index (χ1) is 6.72. The number of ether oxygens (including phenoxy) is 1. The number of benzene rings is 1. The molecule has 0 aliphatic heterocycles. The highest BCUT2D eigenvalue weighted by Crippen LogP contribution is 2.25. The molecular weight excluding hydrogens is 179 g/mol. The van der Waals surface area contributed by atoms with Crippen LogP contribution in [0.2, 0.25) is 0 Å². The van der Waals surface area contributed by atoms with Gasteiger partial charge in [-0.05, 0) is 23.6 Å². The molecule has 0 aliphatic carbocycles. The summed E-state index contributed by atoms with van der Waals surface area (Å²) in [6, 6.07) is 5.93. The third-order valence-electron chi connectivity index (χ3n) is 2.49. The number of halogens is 1. The molecule has 0 radical (unpaired) electrons. The molecule has 1 unspecified atom stereocenters. The third-order valence-corrected chi connectivity index (χ3v) is 2.49. The van der Waals surface area contributed by atoms with Gasteiger partial charge >= 0.3 is 0 Å².